The van der Waals surface area contributed by atoms with Gasteiger partial charge in [-0.25, -0.2) is 4.98 Å². The maximum Gasteiger partial charge on any atom is 0.255 e. The molecule has 4 aliphatic carbocycles. The van der Waals surface area contributed by atoms with Crippen molar-refractivity contribution in [3.63, 3.8) is 0 Å². The summed E-state index contributed by atoms with van der Waals surface area (Å²) in [6.07, 6.45) is 9.91. The average molecular weight is 377 g/mol. The van der Waals surface area contributed by atoms with E-state index >= 15 is 0 Å². The molecular formula is C23H27N3O2. The number of pyridine rings is 1. The van der Waals surface area contributed by atoms with Crippen molar-refractivity contribution in [2.45, 2.75) is 44.1 Å². The molecule has 146 valence electrons. The molecular weight excluding hydrogens is 350 g/mol. The predicted octanol–water partition coefficient (Wildman–Crippen LogP) is 4.72. The maximum atomic E-state index is 12.4. The highest BCUT2D eigenvalue weighted by molar-refractivity contribution is 6.04. The van der Waals surface area contributed by atoms with Gasteiger partial charge < -0.3 is 15.4 Å². The minimum Gasteiger partial charge on any atom is -0.497 e. The highest BCUT2D eigenvalue weighted by atomic mass is 16.5. The number of methoxy groups -OCH3 is 1. The van der Waals surface area contributed by atoms with Crippen molar-refractivity contribution in [3.8, 4) is 5.75 Å². The van der Waals surface area contributed by atoms with Gasteiger partial charge in [-0.1, -0.05) is 0 Å². The molecule has 0 saturated heterocycles. The van der Waals surface area contributed by atoms with Gasteiger partial charge in [-0.3, -0.25) is 4.79 Å². The molecule has 4 aliphatic rings. The molecule has 1 aromatic carbocycles. The Bertz CT molecular complexity index is 825. The SMILES string of the molecule is COc1ccc(C(=O)Nc2ccc(NC34CC5CC(CC(C5)C3)C4)nc2)cc1. The first-order valence-corrected chi connectivity index (χ1v) is 10.3. The number of benzene rings is 1. The number of ether oxygens (including phenoxy) is 1. The summed E-state index contributed by atoms with van der Waals surface area (Å²) in [5, 5.41) is 6.69. The van der Waals surface area contributed by atoms with E-state index in [1.807, 2.05) is 12.1 Å². The number of nitrogens with zero attached hydrogens (tertiary/aromatic N) is 1. The van der Waals surface area contributed by atoms with E-state index in [1.165, 1.54) is 38.5 Å². The van der Waals surface area contributed by atoms with Gasteiger partial charge in [0.25, 0.3) is 5.91 Å². The second kappa shape index (κ2) is 6.80. The molecule has 1 heterocycles. The highest BCUT2D eigenvalue weighted by Crippen LogP contribution is 2.56. The summed E-state index contributed by atoms with van der Waals surface area (Å²) in [5.74, 6) is 4.22. The standard InChI is InChI=1S/C23H27N3O2/c1-28-20-5-2-18(3-6-20)22(27)25-19-4-7-21(24-14-19)26-23-11-15-8-16(12-23)10-17(9-15)13-23/h2-7,14-17H,8-13H2,1H3,(H,24,26)(H,25,27). The lowest BCUT2D eigenvalue weighted by molar-refractivity contribution is 0.0105. The number of carbonyl (C=O) groups is 1. The number of hydrogen-bond donors (Lipinski definition) is 2. The lowest BCUT2D eigenvalue weighted by Crippen LogP contribution is -2.54. The van der Waals surface area contributed by atoms with Crippen molar-refractivity contribution in [3.05, 3.63) is 48.2 Å². The summed E-state index contributed by atoms with van der Waals surface area (Å²) < 4.78 is 5.13. The molecule has 2 N–H and O–H groups in total. The number of anilines is 2. The van der Waals surface area contributed by atoms with E-state index in [0.29, 0.717) is 11.3 Å². The zero-order valence-corrected chi connectivity index (χ0v) is 16.3. The molecule has 0 aliphatic heterocycles. The molecule has 28 heavy (non-hydrogen) atoms. The Morgan fingerprint density at radius 1 is 1.00 bits per heavy atom. The molecule has 6 rings (SSSR count). The number of aromatic nitrogens is 1. The second-order valence-corrected chi connectivity index (χ2v) is 8.94. The summed E-state index contributed by atoms with van der Waals surface area (Å²) in [6.45, 7) is 0. The van der Waals surface area contributed by atoms with Crippen LogP contribution >= 0.6 is 0 Å². The number of nitrogens with one attached hydrogen (secondary N) is 2. The van der Waals surface area contributed by atoms with Gasteiger partial charge in [0, 0.05) is 11.1 Å². The van der Waals surface area contributed by atoms with Gasteiger partial charge in [0.2, 0.25) is 0 Å². The molecule has 5 heteroatoms. The first-order valence-electron chi connectivity index (χ1n) is 10.3. The van der Waals surface area contributed by atoms with E-state index in [0.717, 1.165) is 29.3 Å². The van der Waals surface area contributed by atoms with E-state index in [-0.39, 0.29) is 11.4 Å². The largest absolute Gasteiger partial charge is 0.497 e. The fourth-order valence-electron chi connectivity index (χ4n) is 6.02. The van der Waals surface area contributed by atoms with Crippen molar-refractivity contribution in [1.29, 1.82) is 0 Å². The lowest BCUT2D eigenvalue weighted by atomic mass is 9.53. The first-order chi connectivity index (χ1) is 13.6. The van der Waals surface area contributed by atoms with Gasteiger partial charge in [-0.15, -0.1) is 0 Å². The van der Waals surface area contributed by atoms with E-state index in [9.17, 15) is 4.79 Å². The van der Waals surface area contributed by atoms with Crippen LogP contribution in [0.5, 0.6) is 5.75 Å². The van der Waals surface area contributed by atoms with Crippen LogP contribution in [0.2, 0.25) is 0 Å². The third-order valence-corrected chi connectivity index (χ3v) is 6.81. The number of rotatable bonds is 5. The van der Waals surface area contributed by atoms with Gasteiger partial charge in [-0.05, 0) is 92.7 Å². The Kier molecular flexibility index (Phi) is 4.26. The summed E-state index contributed by atoms with van der Waals surface area (Å²) in [5.41, 5.74) is 1.55. The molecule has 4 fully saturated rings. The summed E-state index contributed by atoms with van der Waals surface area (Å²) in [4.78, 5) is 17.0. The van der Waals surface area contributed by atoms with E-state index in [1.54, 1.807) is 37.6 Å². The van der Waals surface area contributed by atoms with Gasteiger partial charge in [0.05, 0.1) is 19.0 Å². The average Bonchev–Trinajstić information content (AvgIpc) is 2.68. The zero-order chi connectivity index (χ0) is 19.1. The molecule has 1 amide bonds. The van der Waals surface area contributed by atoms with Gasteiger partial charge >= 0.3 is 0 Å². The lowest BCUT2D eigenvalue weighted by Gasteiger charge is -2.57. The minimum atomic E-state index is -0.147. The number of hydrogen-bond acceptors (Lipinski definition) is 4. The van der Waals surface area contributed by atoms with Crippen LogP contribution < -0.4 is 15.4 Å². The Morgan fingerprint density at radius 2 is 1.64 bits per heavy atom. The van der Waals surface area contributed by atoms with E-state index < -0.39 is 0 Å². The van der Waals surface area contributed by atoms with Crippen LogP contribution in [0.4, 0.5) is 11.5 Å². The fourth-order valence-corrected chi connectivity index (χ4v) is 6.02. The Balaban J connectivity index is 1.24. The van der Waals surface area contributed by atoms with Crippen molar-refractivity contribution in [2.75, 3.05) is 17.7 Å². The van der Waals surface area contributed by atoms with E-state index in [4.69, 9.17) is 4.74 Å². The van der Waals surface area contributed by atoms with Crippen LogP contribution in [0.15, 0.2) is 42.6 Å². The summed E-state index contributed by atoms with van der Waals surface area (Å²) >= 11 is 0. The Hall–Kier alpha value is -2.56. The summed E-state index contributed by atoms with van der Waals surface area (Å²) in [7, 11) is 1.61. The van der Waals surface area contributed by atoms with Crippen LogP contribution in [-0.2, 0) is 0 Å². The molecule has 4 saturated carbocycles. The Labute approximate surface area is 165 Å². The molecule has 4 bridgehead atoms. The molecule has 0 atom stereocenters. The molecule has 0 spiro atoms. The maximum absolute atomic E-state index is 12.4. The summed E-state index contributed by atoms with van der Waals surface area (Å²) in [6, 6.07) is 11.0. The molecule has 0 unspecified atom stereocenters. The van der Waals surface area contributed by atoms with Crippen LogP contribution in [0, 0.1) is 17.8 Å². The molecule has 0 radical (unpaired) electrons. The minimum absolute atomic E-state index is 0.147. The zero-order valence-electron chi connectivity index (χ0n) is 16.3. The fraction of sp³-hybridized carbons (Fsp3) is 0.478. The smallest absolute Gasteiger partial charge is 0.255 e. The molecule has 1 aromatic heterocycles. The van der Waals surface area contributed by atoms with Crippen molar-refractivity contribution in [1.82, 2.24) is 4.98 Å². The van der Waals surface area contributed by atoms with Crippen molar-refractivity contribution < 1.29 is 9.53 Å². The Morgan fingerprint density at radius 3 is 2.18 bits per heavy atom. The van der Waals surface area contributed by atoms with Crippen LogP contribution in [0.25, 0.3) is 0 Å². The third-order valence-electron chi connectivity index (χ3n) is 6.81. The van der Waals surface area contributed by atoms with E-state index in [2.05, 4.69) is 15.6 Å². The first kappa shape index (κ1) is 17.5. The highest BCUT2D eigenvalue weighted by Gasteiger charge is 2.51. The van der Waals surface area contributed by atoms with Crippen LogP contribution in [0.1, 0.15) is 48.9 Å². The topological polar surface area (TPSA) is 63.2 Å². The number of carbonyl (C=O) groups excluding carboxylic acids is 1. The van der Waals surface area contributed by atoms with Crippen LogP contribution in [0.3, 0.4) is 0 Å². The monoisotopic (exact) mass is 377 g/mol. The quantitative estimate of drug-likeness (QED) is 0.791. The molecule has 5 nitrogen and oxygen atoms in total. The number of amides is 1. The normalized spacial score (nSPS) is 30.1. The third kappa shape index (κ3) is 3.34. The van der Waals surface area contributed by atoms with Crippen molar-refractivity contribution in [2.24, 2.45) is 17.8 Å². The molecule has 2 aromatic rings. The van der Waals surface area contributed by atoms with Crippen molar-refractivity contribution >= 4 is 17.4 Å². The van der Waals surface area contributed by atoms with Gasteiger partial charge in [0.1, 0.15) is 11.6 Å². The van der Waals surface area contributed by atoms with Gasteiger partial charge in [-0.2, -0.15) is 0 Å². The van der Waals surface area contributed by atoms with Crippen LogP contribution in [-0.4, -0.2) is 23.5 Å². The predicted molar refractivity (Wildman–Crippen MR) is 110 cm³/mol. The second-order valence-electron chi connectivity index (χ2n) is 8.94. The van der Waals surface area contributed by atoms with Gasteiger partial charge in [0.15, 0.2) is 0 Å².